The molecule has 0 bridgehead atoms. The molecule has 0 saturated carbocycles. The first-order chi connectivity index (χ1) is 16.6. The third-order valence-corrected chi connectivity index (χ3v) is 6.75. The number of halogens is 1. The Bertz CT molecular complexity index is 1260. The molecular weight excluding hydrogens is 473 g/mol. The number of aromatic nitrogens is 2. The van der Waals surface area contributed by atoms with Crippen LogP contribution in [0.2, 0.25) is 0 Å². The van der Waals surface area contributed by atoms with Crippen molar-refractivity contribution in [3.8, 4) is 11.4 Å². The molecule has 1 heterocycles. The molecule has 0 unspecified atom stereocenters. The van der Waals surface area contributed by atoms with Gasteiger partial charge in [-0.15, -0.1) is 0 Å². The summed E-state index contributed by atoms with van der Waals surface area (Å²) >= 11 is 0. The summed E-state index contributed by atoms with van der Waals surface area (Å²) in [5, 5.41) is 6.55. The minimum Gasteiger partial charge on any atom is -0.337 e. The molecule has 0 saturated heterocycles. The number of carbonyl (C=O) groups excluding carboxylic acids is 1. The van der Waals surface area contributed by atoms with Gasteiger partial charge in [0.2, 0.25) is 17.6 Å². The van der Waals surface area contributed by atoms with Gasteiger partial charge in [-0.3, -0.25) is 9.52 Å². The Morgan fingerprint density at radius 3 is 2.51 bits per heavy atom. The lowest BCUT2D eigenvalue weighted by Gasteiger charge is -2.19. The summed E-state index contributed by atoms with van der Waals surface area (Å²) < 4.78 is 46.6. The number of hydrogen-bond donors (Lipinski definition) is 3. The Balaban J connectivity index is 1.72. The number of unbranched alkanes of at least 4 members (excludes halogenated alkanes) is 1. The second-order valence-corrected chi connectivity index (χ2v) is 10.6. The van der Waals surface area contributed by atoms with Gasteiger partial charge in [-0.1, -0.05) is 37.1 Å². The number of hydrogen-bond acceptors (Lipinski definition) is 7. The van der Waals surface area contributed by atoms with Crippen LogP contribution in [0.1, 0.15) is 52.0 Å². The molecule has 0 aliphatic heterocycles. The lowest BCUT2D eigenvalue weighted by Crippen LogP contribution is -2.32. The Morgan fingerprint density at radius 2 is 1.86 bits per heavy atom. The van der Waals surface area contributed by atoms with Gasteiger partial charge in [0.25, 0.3) is 10.0 Å². The van der Waals surface area contributed by atoms with Crippen LogP contribution in [0.25, 0.3) is 11.4 Å². The summed E-state index contributed by atoms with van der Waals surface area (Å²) in [5.41, 5.74) is 6.11. The average molecular weight is 504 g/mol. The Morgan fingerprint density at radius 1 is 1.17 bits per heavy atom. The van der Waals surface area contributed by atoms with Gasteiger partial charge in [-0.2, -0.15) is 4.98 Å². The van der Waals surface area contributed by atoms with Crippen LogP contribution in [0.5, 0.6) is 0 Å². The average Bonchev–Trinajstić information content (AvgIpc) is 3.34. The normalized spacial score (nSPS) is 12.8. The molecule has 35 heavy (non-hydrogen) atoms. The molecule has 3 rings (SSSR count). The van der Waals surface area contributed by atoms with E-state index in [2.05, 4.69) is 27.1 Å². The second-order valence-electron chi connectivity index (χ2n) is 8.89. The monoisotopic (exact) mass is 503 g/mol. The third-order valence-electron chi connectivity index (χ3n) is 5.37. The fourth-order valence-corrected chi connectivity index (χ4v) is 4.15. The zero-order valence-electron chi connectivity index (χ0n) is 19.9. The number of amides is 1. The largest absolute Gasteiger partial charge is 0.337 e. The molecule has 1 atom stereocenters. The van der Waals surface area contributed by atoms with Crippen molar-refractivity contribution in [2.24, 2.45) is 11.1 Å². The first-order valence-electron chi connectivity index (χ1n) is 11.3. The molecule has 0 aliphatic carbocycles. The summed E-state index contributed by atoms with van der Waals surface area (Å²) in [6.07, 6.45) is 2.64. The van der Waals surface area contributed by atoms with E-state index < -0.39 is 28.0 Å². The van der Waals surface area contributed by atoms with E-state index in [1.165, 1.54) is 50.2 Å². The standard InChI is InChI=1S/C24H30FN5O4S/c1-4-5-9-20(26)22-28-21(29-34-22)16-7-6-8-19(14-16)35(32,33)30-18-12-10-17(11-13-18)27-23(31)24(2,3)15-25/h6-8,10-14,20,30H,4-5,9,15,26H2,1-3H3,(H,27,31)/t20-/m0/s1. The molecule has 0 radical (unpaired) electrons. The lowest BCUT2D eigenvalue weighted by atomic mass is 9.94. The zero-order chi connectivity index (χ0) is 25.6. The molecule has 2 aromatic carbocycles. The number of nitrogens with zero attached hydrogens (tertiary/aromatic N) is 2. The fraction of sp³-hybridized carbons (Fsp3) is 0.375. The highest BCUT2D eigenvalue weighted by atomic mass is 32.2. The number of nitrogens with one attached hydrogen (secondary N) is 2. The van der Waals surface area contributed by atoms with E-state index in [-0.39, 0.29) is 16.8 Å². The number of carbonyl (C=O) groups is 1. The third kappa shape index (κ3) is 6.64. The highest BCUT2D eigenvalue weighted by Crippen LogP contribution is 2.25. The van der Waals surface area contributed by atoms with Crippen molar-refractivity contribution >= 4 is 27.3 Å². The van der Waals surface area contributed by atoms with Crippen LogP contribution in [0, 0.1) is 5.41 Å². The molecule has 1 aromatic heterocycles. The van der Waals surface area contributed by atoms with Crippen LogP contribution < -0.4 is 15.8 Å². The van der Waals surface area contributed by atoms with E-state index in [0.717, 1.165) is 12.8 Å². The van der Waals surface area contributed by atoms with Gasteiger partial charge in [0.1, 0.15) is 6.67 Å². The quantitative estimate of drug-likeness (QED) is 0.346. The highest BCUT2D eigenvalue weighted by molar-refractivity contribution is 7.92. The molecule has 0 spiro atoms. The molecule has 188 valence electrons. The molecule has 11 heteroatoms. The number of anilines is 2. The van der Waals surface area contributed by atoms with Crippen LogP contribution in [-0.4, -0.2) is 31.1 Å². The summed E-state index contributed by atoms with van der Waals surface area (Å²) in [6, 6.07) is 11.9. The van der Waals surface area contributed by atoms with Crippen molar-refractivity contribution in [1.82, 2.24) is 10.1 Å². The maximum atomic E-state index is 13.0. The first-order valence-corrected chi connectivity index (χ1v) is 12.7. The number of sulfonamides is 1. The van der Waals surface area contributed by atoms with Crippen molar-refractivity contribution in [3.05, 3.63) is 54.4 Å². The van der Waals surface area contributed by atoms with E-state index in [1.807, 2.05) is 0 Å². The van der Waals surface area contributed by atoms with Gasteiger partial charge in [0.05, 0.1) is 16.4 Å². The Labute approximate surface area is 204 Å². The second kappa shape index (κ2) is 11.0. The number of nitrogens with two attached hydrogens (primary N) is 1. The zero-order valence-corrected chi connectivity index (χ0v) is 20.7. The minimum atomic E-state index is -3.93. The van der Waals surface area contributed by atoms with Gasteiger partial charge >= 0.3 is 0 Å². The van der Waals surface area contributed by atoms with Crippen molar-refractivity contribution in [2.75, 3.05) is 16.7 Å². The summed E-state index contributed by atoms with van der Waals surface area (Å²) in [7, 11) is -3.93. The van der Waals surface area contributed by atoms with E-state index in [4.69, 9.17) is 10.3 Å². The van der Waals surface area contributed by atoms with Crippen LogP contribution in [-0.2, 0) is 14.8 Å². The van der Waals surface area contributed by atoms with Crippen molar-refractivity contribution in [3.63, 3.8) is 0 Å². The highest BCUT2D eigenvalue weighted by Gasteiger charge is 2.27. The maximum absolute atomic E-state index is 13.0. The molecular formula is C24H30FN5O4S. The Kier molecular flexibility index (Phi) is 8.23. The lowest BCUT2D eigenvalue weighted by molar-refractivity contribution is -0.124. The van der Waals surface area contributed by atoms with E-state index in [0.29, 0.717) is 29.2 Å². The number of alkyl halides is 1. The van der Waals surface area contributed by atoms with Crippen LogP contribution in [0.4, 0.5) is 15.8 Å². The maximum Gasteiger partial charge on any atom is 0.261 e. The van der Waals surface area contributed by atoms with Gasteiger partial charge in [-0.25, -0.2) is 12.8 Å². The summed E-state index contributed by atoms with van der Waals surface area (Å²) in [6.45, 7) is 4.25. The van der Waals surface area contributed by atoms with Gasteiger partial charge in [-0.05, 0) is 56.7 Å². The van der Waals surface area contributed by atoms with Crippen molar-refractivity contribution < 1.29 is 22.1 Å². The van der Waals surface area contributed by atoms with Crippen LogP contribution in [0.3, 0.4) is 0 Å². The molecule has 1 amide bonds. The molecule has 3 aromatic rings. The fourth-order valence-electron chi connectivity index (χ4n) is 3.05. The Hall–Kier alpha value is -3.31. The van der Waals surface area contributed by atoms with E-state index in [9.17, 15) is 17.6 Å². The SMILES string of the molecule is CCCC[C@H](N)c1nc(-c2cccc(S(=O)(=O)Nc3ccc(NC(=O)C(C)(C)CF)cc3)c2)no1. The van der Waals surface area contributed by atoms with E-state index >= 15 is 0 Å². The van der Waals surface area contributed by atoms with Crippen molar-refractivity contribution in [2.45, 2.75) is 51.0 Å². The van der Waals surface area contributed by atoms with Gasteiger partial charge < -0.3 is 15.6 Å². The topological polar surface area (TPSA) is 140 Å². The van der Waals surface area contributed by atoms with Gasteiger partial charge in [0, 0.05) is 16.9 Å². The molecule has 9 nitrogen and oxygen atoms in total. The molecule has 0 aliphatic rings. The van der Waals surface area contributed by atoms with E-state index in [1.54, 1.807) is 12.1 Å². The molecule has 4 N–H and O–H groups in total. The summed E-state index contributed by atoms with van der Waals surface area (Å²) in [4.78, 5) is 16.4. The predicted octanol–water partition coefficient (Wildman–Crippen LogP) is 4.66. The predicted molar refractivity (Wildman–Crippen MR) is 132 cm³/mol. The first kappa shape index (κ1) is 26.3. The van der Waals surface area contributed by atoms with Crippen LogP contribution in [0.15, 0.2) is 57.9 Å². The van der Waals surface area contributed by atoms with Crippen molar-refractivity contribution in [1.29, 1.82) is 0 Å². The van der Waals surface area contributed by atoms with Gasteiger partial charge in [0.15, 0.2) is 0 Å². The van der Waals surface area contributed by atoms with Crippen LogP contribution >= 0.6 is 0 Å². The number of benzene rings is 2. The smallest absolute Gasteiger partial charge is 0.261 e. The molecule has 0 fully saturated rings. The number of rotatable bonds is 11. The minimum absolute atomic E-state index is 0.0127. The summed E-state index contributed by atoms with van der Waals surface area (Å²) in [5.74, 6) is 0.0864.